The SMILES string of the molecule is CCCOCCCNc1nnc(CNC(C)C)o1. The van der Waals surface area contributed by atoms with Crippen molar-refractivity contribution in [1.29, 1.82) is 0 Å². The topological polar surface area (TPSA) is 72.2 Å². The predicted octanol–water partition coefficient (Wildman–Crippen LogP) is 1.80. The van der Waals surface area contributed by atoms with Gasteiger partial charge in [0.25, 0.3) is 0 Å². The molecule has 1 aromatic rings. The van der Waals surface area contributed by atoms with Crippen molar-refractivity contribution >= 4 is 6.01 Å². The zero-order chi connectivity index (χ0) is 13.2. The van der Waals surface area contributed by atoms with Crippen molar-refractivity contribution < 1.29 is 9.15 Å². The molecule has 1 heterocycles. The van der Waals surface area contributed by atoms with Gasteiger partial charge in [0.1, 0.15) is 0 Å². The van der Waals surface area contributed by atoms with E-state index >= 15 is 0 Å². The number of hydrogen-bond acceptors (Lipinski definition) is 6. The summed E-state index contributed by atoms with van der Waals surface area (Å²) in [6.45, 7) is 9.22. The van der Waals surface area contributed by atoms with Crippen LogP contribution in [-0.2, 0) is 11.3 Å². The second kappa shape index (κ2) is 8.88. The van der Waals surface area contributed by atoms with E-state index in [-0.39, 0.29) is 0 Å². The first-order valence-corrected chi connectivity index (χ1v) is 6.59. The van der Waals surface area contributed by atoms with Gasteiger partial charge in [0.2, 0.25) is 5.89 Å². The molecule has 0 aliphatic heterocycles. The van der Waals surface area contributed by atoms with Crippen LogP contribution in [0.4, 0.5) is 6.01 Å². The third-order valence-corrected chi connectivity index (χ3v) is 2.22. The zero-order valence-corrected chi connectivity index (χ0v) is 11.5. The molecule has 1 rings (SSSR count). The first-order valence-electron chi connectivity index (χ1n) is 6.59. The van der Waals surface area contributed by atoms with Crippen molar-refractivity contribution in [3.63, 3.8) is 0 Å². The molecule has 104 valence electrons. The highest BCUT2D eigenvalue weighted by molar-refractivity contribution is 5.16. The molecule has 0 saturated carbocycles. The van der Waals surface area contributed by atoms with E-state index < -0.39 is 0 Å². The molecular weight excluding hydrogens is 232 g/mol. The molecule has 0 saturated heterocycles. The summed E-state index contributed by atoms with van der Waals surface area (Å²) >= 11 is 0. The van der Waals surface area contributed by atoms with E-state index in [1.54, 1.807) is 0 Å². The van der Waals surface area contributed by atoms with Gasteiger partial charge in [-0.1, -0.05) is 25.9 Å². The fraction of sp³-hybridized carbons (Fsp3) is 0.833. The zero-order valence-electron chi connectivity index (χ0n) is 11.5. The summed E-state index contributed by atoms with van der Waals surface area (Å²) in [6.07, 6.45) is 1.99. The summed E-state index contributed by atoms with van der Waals surface area (Å²) < 4.78 is 10.8. The molecule has 0 fully saturated rings. The third-order valence-electron chi connectivity index (χ3n) is 2.22. The molecule has 6 nitrogen and oxygen atoms in total. The van der Waals surface area contributed by atoms with Gasteiger partial charge in [-0.2, -0.15) is 0 Å². The number of hydrogen-bond donors (Lipinski definition) is 2. The minimum absolute atomic E-state index is 0.407. The van der Waals surface area contributed by atoms with Crippen molar-refractivity contribution in [2.45, 2.75) is 46.2 Å². The maximum atomic E-state index is 5.43. The van der Waals surface area contributed by atoms with Crippen LogP contribution in [0.2, 0.25) is 0 Å². The van der Waals surface area contributed by atoms with E-state index in [4.69, 9.17) is 9.15 Å². The molecule has 0 aliphatic carbocycles. The number of ether oxygens (including phenoxy) is 1. The fourth-order valence-electron chi connectivity index (χ4n) is 1.30. The Kier molecular flexibility index (Phi) is 7.36. The van der Waals surface area contributed by atoms with Crippen LogP contribution in [0.25, 0.3) is 0 Å². The van der Waals surface area contributed by atoms with Crippen LogP contribution in [0.15, 0.2) is 4.42 Å². The summed E-state index contributed by atoms with van der Waals surface area (Å²) in [5.41, 5.74) is 0. The van der Waals surface area contributed by atoms with Gasteiger partial charge in [-0.3, -0.25) is 0 Å². The highest BCUT2D eigenvalue weighted by atomic mass is 16.5. The Morgan fingerprint density at radius 3 is 2.83 bits per heavy atom. The van der Waals surface area contributed by atoms with Gasteiger partial charge in [-0.25, -0.2) is 0 Å². The number of nitrogens with zero attached hydrogens (tertiary/aromatic N) is 2. The van der Waals surface area contributed by atoms with Gasteiger partial charge >= 0.3 is 6.01 Å². The van der Waals surface area contributed by atoms with Crippen LogP contribution in [0.3, 0.4) is 0 Å². The fourth-order valence-corrected chi connectivity index (χ4v) is 1.30. The van der Waals surface area contributed by atoms with Crippen molar-refractivity contribution in [2.75, 3.05) is 25.1 Å². The Balaban J connectivity index is 2.11. The van der Waals surface area contributed by atoms with Crippen LogP contribution >= 0.6 is 0 Å². The van der Waals surface area contributed by atoms with Gasteiger partial charge in [0.15, 0.2) is 0 Å². The maximum Gasteiger partial charge on any atom is 0.315 e. The summed E-state index contributed by atoms with van der Waals surface area (Å²) in [7, 11) is 0. The largest absolute Gasteiger partial charge is 0.407 e. The number of anilines is 1. The molecule has 0 unspecified atom stereocenters. The minimum Gasteiger partial charge on any atom is -0.407 e. The van der Waals surface area contributed by atoms with Crippen molar-refractivity contribution in [3.8, 4) is 0 Å². The number of nitrogens with one attached hydrogen (secondary N) is 2. The van der Waals surface area contributed by atoms with Crippen LogP contribution in [0.1, 0.15) is 39.5 Å². The Morgan fingerprint density at radius 2 is 2.11 bits per heavy atom. The lowest BCUT2D eigenvalue weighted by molar-refractivity contribution is 0.134. The molecular formula is C12H24N4O2. The first-order chi connectivity index (χ1) is 8.72. The Labute approximate surface area is 108 Å². The van der Waals surface area contributed by atoms with E-state index in [2.05, 4.69) is 41.6 Å². The molecule has 1 aromatic heterocycles. The lowest BCUT2D eigenvalue weighted by Crippen LogP contribution is -2.21. The van der Waals surface area contributed by atoms with Gasteiger partial charge in [0.05, 0.1) is 6.54 Å². The summed E-state index contributed by atoms with van der Waals surface area (Å²) in [4.78, 5) is 0. The highest BCUT2D eigenvalue weighted by Crippen LogP contribution is 2.05. The minimum atomic E-state index is 0.407. The highest BCUT2D eigenvalue weighted by Gasteiger charge is 2.05. The molecule has 0 aromatic carbocycles. The van der Waals surface area contributed by atoms with Crippen LogP contribution in [0, 0.1) is 0 Å². The standard InChI is InChI=1S/C12H24N4O2/c1-4-7-17-8-5-6-13-12-16-15-11(18-12)9-14-10(2)3/h10,14H,4-9H2,1-3H3,(H,13,16). The van der Waals surface area contributed by atoms with E-state index in [0.717, 1.165) is 32.6 Å². The third kappa shape index (κ3) is 6.56. The molecule has 0 amide bonds. The smallest absolute Gasteiger partial charge is 0.315 e. The van der Waals surface area contributed by atoms with E-state index in [1.165, 1.54) is 0 Å². The second-order valence-corrected chi connectivity index (χ2v) is 4.43. The Morgan fingerprint density at radius 1 is 1.28 bits per heavy atom. The van der Waals surface area contributed by atoms with Gasteiger partial charge < -0.3 is 19.8 Å². The Hall–Kier alpha value is -1.14. The van der Waals surface area contributed by atoms with Gasteiger partial charge in [-0.15, -0.1) is 5.10 Å². The molecule has 0 spiro atoms. The number of rotatable bonds is 10. The quantitative estimate of drug-likeness (QED) is 0.622. The van der Waals surface area contributed by atoms with E-state index in [1.807, 2.05) is 0 Å². The predicted molar refractivity (Wildman–Crippen MR) is 70.5 cm³/mol. The molecule has 6 heteroatoms. The molecule has 0 aliphatic rings. The second-order valence-electron chi connectivity index (χ2n) is 4.43. The van der Waals surface area contributed by atoms with E-state index in [9.17, 15) is 0 Å². The molecule has 0 atom stereocenters. The first kappa shape index (κ1) is 14.9. The monoisotopic (exact) mass is 256 g/mol. The van der Waals surface area contributed by atoms with Crippen LogP contribution in [0.5, 0.6) is 0 Å². The summed E-state index contributed by atoms with van der Waals surface area (Å²) in [5.74, 6) is 0.605. The van der Waals surface area contributed by atoms with Crippen molar-refractivity contribution in [3.05, 3.63) is 5.89 Å². The van der Waals surface area contributed by atoms with Gasteiger partial charge in [-0.05, 0) is 12.8 Å². The molecule has 2 N–H and O–H groups in total. The normalized spacial score (nSPS) is 11.1. The number of aromatic nitrogens is 2. The Bertz CT molecular complexity index is 315. The van der Waals surface area contributed by atoms with Crippen molar-refractivity contribution in [2.24, 2.45) is 0 Å². The molecule has 0 bridgehead atoms. The van der Waals surface area contributed by atoms with E-state index in [0.29, 0.717) is 24.5 Å². The average molecular weight is 256 g/mol. The molecule has 18 heavy (non-hydrogen) atoms. The van der Waals surface area contributed by atoms with Crippen molar-refractivity contribution in [1.82, 2.24) is 15.5 Å². The van der Waals surface area contributed by atoms with Gasteiger partial charge in [0, 0.05) is 25.8 Å². The lowest BCUT2D eigenvalue weighted by atomic mass is 10.4. The van der Waals surface area contributed by atoms with Crippen LogP contribution in [-0.4, -0.2) is 36.0 Å². The molecule has 0 radical (unpaired) electrons. The maximum absolute atomic E-state index is 5.43. The lowest BCUT2D eigenvalue weighted by Gasteiger charge is -2.04. The average Bonchev–Trinajstić information content (AvgIpc) is 2.79. The summed E-state index contributed by atoms with van der Waals surface area (Å²) in [6, 6.07) is 0.884. The van der Waals surface area contributed by atoms with Crippen LogP contribution < -0.4 is 10.6 Å². The summed E-state index contributed by atoms with van der Waals surface area (Å²) in [5, 5.41) is 14.2.